The Morgan fingerprint density at radius 2 is 1.32 bits per heavy atom. The van der Waals surface area contributed by atoms with Crippen molar-refractivity contribution in [1.82, 2.24) is 9.97 Å². The van der Waals surface area contributed by atoms with Gasteiger partial charge in [-0.1, -0.05) is 42.5 Å². The number of phenolic OH excluding ortho intramolecular Hbond substituents is 1. The molecule has 2 heterocycles. The fraction of sp³-hybridized carbons (Fsp3) is 0. The van der Waals surface area contributed by atoms with Crippen molar-refractivity contribution in [2.75, 3.05) is 0 Å². The molecular formula is C22H16N2O. The molecule has 0 atom stereocenters. The number of phenols is 1. The van der Waals surface area contributed by atoms with Gasteiger partial charge in [-0.2, -0.15) is 0 Å². The summed E-state index contributed by atoms with van der Waals surface area (Å²) < 4.78 is 0. The summed E-state index contributed by atoms with van der Waals surface area (Å²) in [6.07, 6.45) is 3.56. The van der Waals surface area contributed by atoms with Gasteiger partial charge in [0.15, 0.2) is 0 Å². The molecule has 2 aromatic carbocycles. The molecule has 25 heavy (non-hydrogen) atoms. The predicted molar refractivity (Wildman–Crippen MR) is 100 cm³/mol. The van der Waals surface area contributed by atoms with Gasteiger partial charge in [-0.15, -0.1) is 0 Å². The summed E-state index contributed by atoms with van der Waals surface area (Å²) in [5.41, 5.74) is 5.71. The molecule has 0 aliphatic rings. The van der Waals surface area contributed by atoms with Crippen molar-refractivity contribution >= 4 is 0 Å². The third kappa shape index (κ3) is 3.26. The first-order valence-corrected chi connectivity index (χ1v) is 8.07. The molecule has 0 amide bonds. The van der Waals surface area contributed by atoms with E-state index < -0.39 is 0 Å². The minimum Gasteiger partial charge on any atom is -0.508 e. The van der Waals surface area contributed by atoms with Gasteiger partial charge in [0.25, 0.3) is 0 Å². The summed E-state index contributed by atoms with van der Waals surface area (Å²) in [5, 5.41) is 9.82. The maximum atomic E-state index is 9.82. The van der Waals surface area contributed by atoms with E-state index >= 15 is 0 Å². The molecule has 3 heteroatoms. The third-order valence-electron chi connectivity index (χ3n) is 4.03. The molecule has 2 aromatic heterocycles. The molecule has 1 N–H and O–H groups in total. The highest BCUT2D eigenvalue weighted by molar-refractivity contribution is 5.76. The van der Waals surface area contributed by atoms with Crippen LogP contribution in [0, 0.1) is 0 Å². The number of hydrogen-bond donors (Lipinski definition) is 1. The summed E-state index contributed by atoms with van der Waals surface area (Å²) in [6, 6.07) is 25.3. The minimum atomic E-state index is 0.249. The zero-order valence-corrected chi connectivity index (χ0v) is 13.5. The van der Waals surface area contributed by atoms with E-state index in [4.69, 9.17) is 4.98 Å². The Morgan fingerprint density at radius 3 is 2.04 bits per heavy atom. The lowest BCUT2D eigenvalue weighted by Crippen LogP contribution is -1.91. The lowest BCUT2D eigenvalue weighted by molar-refractivity contribution is 0.475. The average molecular weight is 324 g/mol. The molecular weight excluding hydrogens is 308 g/mol. The van der Waals surface area contributed by atoms with Gasteiger partial charge in [-0.3, -0.25) is 4.98 Å². The zero-order valence-electron chi connectivity index (χ0n) is 13.5. The molecule has 0 saturated carbocycles. The smallest absolute Gasteiger partial charge is 0.116 e. The molecule has 4 rings (SSSR count). The lowest BCUT2D eigenvalue weighted by atomic mass is 10.0. The molecule has 0 fully saturated rings. The number of pyridine rings is 2. The van der Waals surface area contributed by atoms with Crippen molar-refractivity contribution < 1.29 is 5.11 Å². The van der Waals surface area contributed by atoms with Crippen LogP contribution in [0.15, 0.2) is 91.3 Å². The SMILES string of the molecule is Oc1cccc(-c2cc(-c3ccccc3)nc(-c3cccnc3)c2)c1. The lowest BCUT2D eigenvalue weighted by Gasteiger charge is -2.10. The van der Waals surface area contributed by atoms with Gasteiger partial charge in [0.1, 0.15) is 5.75 Å². The van der Waals surface area contributed by atoms with E-state index in [1.807, 2.05) is 72.9 Å². The summed E-state index contributed by atoms with van der Waals surface area (Å²) in [7, 11) is 0. The highest BCUT2D eigenvalue weighted by Crippen LogP contribution is 2.31. The monoisotopic (exact) mass is 324 g/mol. The van der Waals surface area contributed by atoms with E-state index in [1.54, 1.807) is 18.3 Å². The highest BCUT2D eigenvalue weighted by atomic mass is 16.3. The second-order valence-electron chi connectivity index (χ2n) is 5.78. The van der Waals surface area contributed by atoms with E-state index in [0.717, 1.165) is 33.6 Å². The number of benzene rings is 2. The Morgan fingerprint density at radius 1 is 0.600 bits per heavy atom. The highest BCUT2D eigenvalue weighted by Gasteiger charge is 2.09. The Bertz CT molecular complexity index is 941. The minimum absolute atomic E-state index is 0.249. The Balaban J connectivity index is 1.92. The fourth-order valence-corrected chi connectivity index (χ4v) is 2.80. The van der Waals surface area contributed by atoms with Gasteiger partial charge < -0.3 is 5.11 Å². The Kier molecular flexibility index (Phi) is 3.97. The first-order chi connectivity index (χ1) is 12.3. The number of aromatic hydroxyl groups is 1. The standard InChI is InChI=1S/C22H16N2O/c25-20-10-4-8-17(12-20)19-13-21(16-6-2-1-3-7-16)24-22(14-19)18-9-5-11-23-15-18/h1-15,25H. The average Bonchev–Trinajstić information content (AvgIpc) is 2.69. The van der Waals surface area contributed by atoms with E-state index in [-0.39, 0.29) is 5.75 Å². The number of nitrogens with zero attached hydrogens (tertiary/aromatic N) is 2. The number of hydrogen-bond acceptors (Lipinski definition) is 3. The van der Waals surface area contributed by atoms with Gasteiger partial charge in [-0.25, -0.2) is 4.98 Å². The first kappa shape index (κ1) is 15.1. The van der Waals surface area contributed by atoms with Crippen LogP contribution in [0.4, 0.5) is 0 Å². The largest absolute Gasteiger partial charge is 0.508 e. The molecule has 0 bridgehead atoms. The van der Waals surface area contributed by atoms with Gasteiger partial charge in [-0.05, 0) is 47.5 Å². The molecule has 0 saturated heterocycles. The molecule has 0 aliphatic carbocycles. The van der Waals surface area contributed by atoms with Crippen LogP contribution in [0.2, 0.25) is 0 Å². The molecule has 0 spiro atoms. The molecule has 0 unspecified atom stereocenters. The fourth-order valence-electron chi connectivity index (χ4n) is 2.80. The van der Waals surface area contributed by atoms with Crippen LogP contribution in [0.3, 0.4) is 0 Å². The van der Waals surface area contributed by atoms with E-state index in [2.05, 4.69) is 4.98 Å². The summed E-state index contributed by atoms with van der Waals surface area (Å²) in [6.45, 7) is 0. The molecule has 0 aliphatic heterocycles. The summed E-state index contributed by atoms with van der Waals surface area (Å²) in [5.74, 6) is 0.249. The summed E-state index contributed by atoms with van der Waals surface area (Å²) >= 11 is 0. The van der Waals surface area contributed by atoms with Gasteiger partial charge in [0, 0.05) is 23.5 Å². The van der Waals surface area contributed by atoms with Crippen molar-refractivity contribution in [3.05, 3.63) is 91.3 Å². The van der Waals surface area contributed by atoms with Crippen LogP contribution in [0.5, 0.6) is 5.75 Å². The van der Waals surface area contributed by atoms with Crippen LogP contribution in [-0.4, -0.2) is 15.1 Å². The second kappa shape index (κ2) is 6.57. The maximum Gasteiger partial charge on any atom is 0.116 e. The zero-order chi connectivity index (χ0) is 17.1. The van der Waals surface area contributed by atoms with Gasteiger partial charge in [0.05, 0.1) is 11.4 Å². The quantitative estimate of drug-likeness (QED) is 0.564. The van der Waals surface area contributed by atoms with Crippen molar-refractivity contribution in [1.29, 1.82) is 0 Å². The van der Waals surface area contributed by atoms with Gasteiger partial charge >= 0.3 is 0 Å². The van der Waals surface area contributed by atoms with Crippen molar-refractivity contribution in [3.8, 4) is 39.4 Å². The molecule has 0 radical (unpaired) electrons. The van der Waals surface area contributed by atoms with Gasteiger partial charge in [0.2, 0.25) is 0 Å². The topological polar surface area (TPSA) is 46.0 Å². The molecule has 4 aromatic rings. The van der Waals surface area contributed by atoms with Crippen LogP contribution < -0.4 is 0 Å². The van der Waals surface area contributed by atoms with Crippen LogP contribution in [-0.2, 0) is 0 Å². The first-order valence-electron chi connectivity index (χ1n) is 8.07. The molecule has 120 valence electrons. The second-order valence-corrected chi connectivity index (χ2v) is 5.78. The van der Waals surface area contributed by atoms with E-state index in [0.29, 0.717) is 0 Å². The van der Waals surface area contributed by atoms with Crippen LogP contribution >= 0.6 is 0 Å². The third-order valence-corrected chi connectivity index (χ3v) is 4.03. The molecule has 3 nitrogen and oxygen atoms in total. The predicted octanol–water partition coefficient (Wildman–Crippen LogP) is 5.18. The van der Waals surface area contributed by atoms with Crippen molar-refractivity contribution in [2.45, 2.75) is 0 Å². The van der Waals surface area contributed by atoms with E-state index in [9.17, 15) is 5.11 Å². The normalized spacial score (nSPS) is 10.6. The van der Waals surface area contributed by atoms with Crippen LogP contribution in [0.25, 0.3) is 33.6 Å². The Hall–Kier alpha value is -3.46. The van der Waals surface area contributed by atoms with Crippen molar-refractivity contribution in [2.24, 2.45) is 0 Å². The van der Waals surface area contributed by atoms with E-state index in [1.165, 1.54) is 0 Å². The summed E-state index contributed by atoms with van der Waals surface area (Å²) in [4.78, 5) is 9.02. The number of rotatable bonds is 3. The van der Waals surface area contributed by atoms with Crippen molar-refractivity contribution in [3.63, 3.8) is 0 Å². The Labute approximate surface area is 146 Å². The number of aromatic nitrogens is 2. The van der Waals surface area contributed by atoms with Crippen LogP contribution in [0.1, 0.15) is 0 Å². The maximum absolute atomic E-state index is 9.82.